The second-order valence-corrected chi connectivity index (χ2v) is 5.76. The minimum atomic E-state index is 0.278. The molecule has 88 valence electrons. The maximum absolute atomic E-state index is 5.81. The van der Waals surface area contributed by atoms with E-state index in [-0.39, 0.29) is 6.10 Å². The lowest BCUT2D eigenvalue weighted by molar-refractivity contribution is 0.0919. The molecule has 0 bridgehead atoms. The topological polar surface area (TPSA) is 35.0 Å². The van der Waals surface area contributed by atoms with E-state index in [1.807, 2.05) is 0 Å². The lowest BCUT2D eigenvalue weighted by atomic mass is 9.82. The first-order valence-corrected chi connectivity index (χ1v) is 6.57. The molecule has 0 aromatic carbocycles. The summed E-state index contributed by atoms with van der Waals surface area (Å²) in [5, 5.41) is 0. The lowest BCUT2D eigenvalue weighted by Crippen LogP contribution is -2.29. The number of aromatic nitrogens is 2. The van der Waals surface area contributed by atoms with Crippen molar-refractivity contribution < 1.29 is 4.74 Å². The highest BCUT2D eigenvalue weighted by atomic mass is 79.9. The fourth-order valence-electron chi connectivity index (χ4n) is 2.48. The molecule has 0 aliphatic heterocycles. The van der Waals surface area contributed by atoms with Gasteiger partial charge < -0.3 is 4.74 Å². The second kappa shape index (κ2) is 5.13. The first kappa shape index (κ1) is 11.8. The van der Waals surface area contributed by atoms with Gasteiger partial charge in [0.15, 0.2) is 0 Å². The minimum Gasteiger partial charge on any atom is -0.460 e. The van der Waals surface area contributed by atoms with E-state index >= 15 is 0 Å². The van der Waals surface area contributed by atoms with Gasteiger partial charge in [-0.1, -0.05) is 13.8 Å². The Morgan fingerprint density at radius 3 is 2.25 bits per heavy atom. The maximum Gasteiger partial charge on any atom is 0.316 e. The van der Waals surface area contributed by atoms with Crippen LogP contribution in [-0.4, -0.2) is 16.1 Å². The maximum atomic E-state index is 5.81. The lowest BCUT2D eigenvalue weighted by Gasteiger charge is -2.30. The third kappa shape index (κ3) is 3.17. The predicted octanol–water partition coefficient (Wildman–Crippen LogP) is 3.44. The van der Waals surface area contributed by atoms with Gasteiger partial charge in [-0.3, -0.25) is 0 Å². The standard InChI is InChI=1S/C12H17BrN2O/c1-8-3-9(2)5-11(4-8)16-12-14-6-10(13)7-15-12/h6-9,11H,3-5H2,1-2H3. The van der Waals surface area contributed by atoms with Gasteiger partial charge in [-0.15, -0.1) is 0 Å². The van der Waals surface area contributed by atoms with Crippen molar-refractivity contribution in [3.63, 3.8) is 0 Å². The average molecular weight is 285 g/mol. The number of nitrogens with zero attached hydrogens (tertiary/aromatic N) is 2. The van der Waals surface area contributed by atoms with Crippen molar-refractivity contribution >= 4 is 15.9 Å². The van der Waals surface area contributed by atoms with Gasteiger partial charge in [0.05, 0.1) is 4.47 Å². The van der Waals surface area contributed by atoms with Crippen LogP contribution in [0.1, 0.15) is 33.1 Å². The van der Waals surface area contributed by atoms with Crippen molar-refractivity contribution in [2.24, 2.45) is 11.8 Å². The number of rotatable bonds is 2. The van der Waals surface area contributed by atoms with Crippen LogP contribution in [0.4, 0.5) is 0 Å². The Morgan fingerprint density at radius 2 is 1.69 bits per heavy atom. The van der Waals surface area contributed by atoms with Gasteiger partial charge in [-0.2, -0.15) is 0 Å². The summed E-state index contributed by atoms with van der Waals surface area (Å²) in [6, 6.07) is 0.495. The highest BCUT2D eigenvalue weighted by molar-refractivity contribution is 9.10. The van der Waals surface area contributed by atoms with Crippen LogP contribution in [-0.2, 0) is 0 Å². The predicted molar refractivity (Wildman–Crippen MR) is 66.3 cm³/mol. The van der Waals surface area contributed by atoms with E-state index in [9.17, 15) is 0 Å². The van der Waals surface area contributed by atoms with Gasteiger partial charge in [0, 0.05) is 12.4 Å². The molecule has 0 radical (unpaired) electrons. The summed E-state index contributed by atoms with van der Waals surface area (Å²) in [5.41, 5.74) is 0. The van der Waals surface area contributed by atoms with Crippen LogP contribution in [0.25, 0.3) is 0 Å². The summed E-state index contributed by atoms with van der Waals surface area (Å²) in [5.74, 6) is 1.48. The van der Waals surface area contributed by atoms with Gasteiger partial charge in [0.1, 0.15) is 6.10 Å². The van der Waals surface area contributed by atoms with Crippen LogP contribution in [0.5, 0.6) is 6.01 Å². The normalized spacial score (nSPS) is 30.1. The molecule has 2 unspecified atom stereocenters. The first-order chi connectivity index (χ1) is 7.63. The van der Waals surface area contributed by atoms with Gasteiger partial charge in [0.2, 0.25) is 0 Å². The summed E-state index contributed by atoms with van der Waals surface area (Å²) in [4.78, 5) is 8.28. The van der Waals surface area contributed by atoms with E-state index in [1.54, 1.807) is 12.4 Å². The van der Waals surface area contributed by atoms with Crippen LogP contribution in [0.15, 0.2) is 16.9 Å². The van der Waals surface area contributed by atoms with Crippen molar-refractivity contribution in [3.05, 3.63) is 16.9 Å². The third-order valence-electron chi connectivity index (χ3n) is 3.00. The average Bonchev–Trinajstić information content (AvgIpc) is 2.20. The molecular weight excluding hydrogens is 268 g/mol. The Hall–Kier alpha value is -0.640. The summed E-state index contributed by atoms with van der Waals surface area (Å²) >= 11 is 3.31. The first-order valence-electron chi connectivity index (χ1n) is 5.77. The van der Waals surface area contributed by atoms with Crippen LogP contribution in [0.3, 0.4) is 0 Å². The van der Waals surface area contributed by atoms with E-state index in [4.69, 9.17) is 4.74 Å². The smallest absolute Gasteiger partial charge is 0.316 e. The monoisotopic (exact) mass is 284 g/mol. The molecule has 1 aliphatic carbocycles. The summed E-state index contributed by atoms with van der Waals surface area (Å²) < 4.78 is 6.69. The summed E-state index contributed by atoms with van der Waals surface area (Å²) in [6.45, 7) is 4.57. The van der Waals surface area contributed by atoms with E-state index in [1.165, 1.54) is 6.42 Å². The Morgan fingerprint density at radius 1 is 1.12 bits per heavy atom. The Labute approximate surface area is 105 Å². The molecule has 3 nitrogen and oxygen atoms in total. The van der Waals surface area contributed by atoms with Gasteiger partial charge >= 0.3 is 6.01 Å². The van der Waals surface area contributed by atoms with Crippen LogP contribution >= 0.6 is 15.9 Å². The fourth-order valence-corrected chi connectivity index (χ4v) is 2.68. The molecule has 0 amide bonds. The SMILES string of the molecule is CC1CC(C)CC(Oc2ncc(Br)cn2)C1. The number of halogens is 1. The molecule has 0 N–H and O–H groups in total. The summed E-state index contributed by atoms with van der Waals surface area (Å²) in [6.07, 6.45) is 7.25. The molecule has 1 aromatic rings. The Balaban J connectivity index is 1.96. The molecule has 0 saturated heterocycles. The summed E-state index contributed by atoms with van der Waals surface area (Å²) in [7, 11) is 0. The highest BCUT2D eigenvalue weighted by Gasteiger charge is 2.25. The van der Waals surface area contributed by atoms with Crippen molar-refractivity contribution in [2.75, 3.05) is 0 Å². The van der Waals surface area contributed by atoms with Gasteiger partial charge in [-0.25, -0.2) is 9.97 Å². The molecule has 2 rings (SSSR count). The fraction of sp³-hybridized carbons (Fsp3) is 0.667. The van der Waals surface area contributed by atoms with Crippen molar-refractivity contribution in [3.8, 4) is 6.01 Å². The zero-order chi connectivity index (χ0) is 11.5. The quantitative estimate of drug-likeness (QED) is 0.835. The van der Waals surface area contributed by atoms with Crippen molar-refractivity contribution in [2.45, 2.75) is 39.2 Å². The van der Waals surface area contributed by atoms with Crippen molar-refractivity contribution in [1.82, 2.24) is 9.97 Å². The van der Waals surface area contributed by atoms with Gasteiger partial charge in [-0.05, 0) is 47.0 Å². The molecule has 0 spiro atoms. The van der Waals surface area contributed by atoms with Crippen LogP contribution in [0, 0.1) is 11.8 Å². The minimum absolute atomic E-state index is 0.278. The molecule has 1 aromatic heterocycles. The zero-order valence-corrected chi connectivity index (χ0v) is 11.3. The van der Waals surface area contributed by atoms with E-state index in [0.717, 1.165) is 29.2 Å². The van der Waals surface area contributed by atoms with E-state index in [2.05, 4.69) is 39.7 Å². The Bertz CT molecular complexity index is 331. The number of hydrogen-bond donors (Lipinski definition) is 0. The van der Waals surface area contributed by atoms with Gasteiger partial charge in [0.25, 0.3) is 0 Å². The van der Waals surface area contributed by atoms with Crippen LogP contribution < -0.4 is 4.74 Å². The molecule has 16 heavy (non-hydrogen) atoms. The zero-order valence-electron chi connectivity index (χ0n) is 9.69. The molecule has 1 saturated carbocycles. The molecule has 1 heterocycles. The molecule has 1 aliphatic rings. The molecular formula is C12H17BrN2O. The largest absolute Gasteiger partial charge is 0.460 e. The second-order valence-electron chi connectivity index (χ2n) is 4.84. The van der Waals surface area contributed by atoms with Crippen molar-refractivity contribution in [1.29, 1.82) is 0 Å². The third-order valence-corrected chi connectivity index (χ3v) is 3.41. The molecule has 1 fully saturated rings. The van der Waals surface area contributed by atoms with Crippen LogP contribution in [0.2, 0.25) is 0 Å². The van der Waals surface area contributed by atoms with E-state index < -0.39 is 0 Å². The number of ether oxygens (including phenoxy) is 1. The molecule has 2 atom stereocenters. The Kier molecular flexibility index (Phi) is 3.79. The van der Waals surface area contributed by atoms with E-state index in [0.29, 0.717) is 6.01 Å². The molecule has 4 heteroatoms. The number of hydrogen-bond acceptors (Lipinski definition) is 3. The highest BCUT2D eigenvalue weighted by Crippen LogP contribution is 2.30.